The third-order valence-corrected chi connectivity index (χ3v) is 5.34. The standard InChI is InChI=1S/C18H39O4P/c1-4-7-10-13-18(14-11-8-5-2,15-12-9-6-3)16-17-22-23(19,20)21/h4-17H2,1-3H3,(H2,19,20,21). The van der Waals surface area contributed by atoms with Gasteiger partial charge in [0.1, 0.15) is 0 Å². The van der Waals surface area contributed by atoms with Crippen molar-refractivity contribution >= 4 is 7.82 Å². The van der Waals surface area contributed by atoms with Gasteiger partial charge in [0.2, 0.25) is 0 Å². The highest BCUT2D eigenvalue weighted by Gasteiger charge is 2.29. The van der Waals surface area contributed by atoms with E-state index in [1.54, 1.807) is 0 Å². The summed E-state index contributed by atoms with van der Waals surface area (Å²) in [6.45, 7) is 6.82. The number of rotatable bonds is 16. The van der Waals surface area contributed by atoms with Gasteiger partial charge in [-0.2, -0.15) is 0 Å². The molecule has 0 aliphatic rings. The lowest BCUT2D eigenvalue weighted by Gasteiger charge is -2.35. The average Bonchev–Trinajstić information content (AvgIpc) is 2.47. The summed E-state index contributed by atoms with van der Waals surface area (Å²) >= 11 is 0. The molecule has 23 heavy (non-hydrogen) atoms. The van der Waals surface area contributed by atoms with E-state index in [2.05, 4.69) is 20.8 Å². The largest absolute Gasteiger partial charge is 0.469 e. The molecule has 0 saturated carbocycles. The number of unbranched alkanes of at least 4 members (excludes halogenated alkanes) is 6. The van der Waals surface area contributed by atoms with Gasteiger partial charge >= 0.3 is 7.82 Å². The molecular formula is C18H39O4P. The summed E-state index contributed by atoms with van der Waals surface area (Å²) in [5.74, 6) is 0. The van der Waals surface area contributed by atoms with Crippen LogP contribution in [-0.2, 0) is 9.09 Å². The fourth-order valence-corrected chi connectivity index (χ4v) is 3.71. The van der Waals surface area contributed by atoms with Crippen LogP contribution in [0.25, 0.3) is 0 Å². The molecule has 0 unspecified atom stereocenters. The van der Waals surface area contributed by atoms with Crippen LogP contribution >= 0.6 is 7.82 Å². The lowest BCUT2D eigenvalue weighted by atomic mass is 9.72. The summed E-state index contributed by atoms with van der Waals surface area (Å²) in [7, 11) is -4.35. The molecule has 0 rings (SSSR count). The zero-order chi connectivity index (χ0) is 17.6. The number of hydrogen-bond acceptors (Lipinski definition) is 2. The summed E-state index contributed by atoms with van der Waals surface area (Å²) in [5.41, 5.74) is 0.203. The SMILES string of the molecule is CCCCCC(CCCCC)(CCCCC)CCOP(=O)(O)O. The van der Waals surface area contributed by atoms with Gasteiger partial charge in [0.15, 0.2) is 0 Å². The smallest absolute Gasteiger partial charge is 0.303 e. The maximum atomic E-state index is 11.0. The molecule has 0 fully saturated rings. The second-order valence-electron chi connectivity index (χ2n) is 6.95. The molecule has 5 heteroatoms. The van der Waals surface area contributed by atoms with Gasteiger partial charge in [0, 0.05) is 0 Å². The first-order valence-corrected chi connectivity index (χ1v) is 11.1. The highest BCUT2D eigenvalue weighted by atomic mass is 31.2. The van der Waals surface area contributed by atoms with E-state index >= 15 is 0 Å². The molecule has 140 valence electrons. The molecule has 0 amide bonds. The minimum atomic E-state index is -4.35. The van der Waals surface area contributed by atoms with Crippen LogP contribution in [0.4, 0.5) is 0 Å². The minimum Gasteiger partial charge on any atom is -0.303 e. The Bertz CT molecular complexity index is 288. The fourth-order valence-electron chi connectivity index (χ4n) is 3.38. The summed E-state index contributed by atoms with van der Waals surface area (Å²) in [6.07, 6.45) is 15.2. The second-order valence-corrected chi connectivity index (χ2v) is 8.18. The van der Waals surface area contributed by atoms with Crippen LogP contribution < -0.4 is 0 Å². The Morgan fingerprint density at radius 1 is 0.739 bits per heavy atom. The lowest BCUT2D eigenvalue weighted by Crippen LogP contribution is -2.23. The molecule has 0 aromatic rings. The molecule has 0 bridgehead atoms. The van der Waals surface area contributed by atoms with Crippen LogP contribution in [0.15, 0.2) is 0 Å². The van der Waals surface area contributed by atoms with Crippen LogP contribution in [0.1, 0.15) is 104 Å². The maximum Gasteiger partial charge on any atom is 0.469 e. The molecule has 4 nitrogen and oxygen atoms in total. The third kappa shape index (κ3) is 13.1. The summed E-state index contributed by atoms with van der Waals surface area (Å²) < 4.78 is 15.7. The average molecular weight is 350 g/mol. The highest BCUT2D eigenvalue weighted by Crippen LogP contribution is 2.43. The van der Waals surface area contributed by atoms with Gasteiger partial charge in [-0.25, -0.2) is 4.57 Å². The van der Waals surface area contributed by atoms with Crippen molar-refractivity contribution in [1.82, 2.24) is 0 Å². The van der Waals surface area contributed by atoms with Crippen molar-refractivity contribution < 1.29 is 18.9 Å². The van der Waals surface area contributed by atoms with Gasteiger partial charge in [-0.1, -0.05) is 78.6 Å². The van der Waals surface area contributed by atoms with Crippen molar-refractivity contribution in [3.05, 3.63) is 0 Å². The molecule has 0 spiro atoms. The zero-order valence-electron chi connectivity index (χ0n) is 15.6. The van der Waals surface area contributed by atoms with Crippen molar-refractivity contribution in [2.75, 3.05) is 6.61 Å². The Balaban J connectivity index is 4.74. The Kier molecular flexibility index (Phi) is 13.5. The molecule has 0 saturated heterocycles. The van der Waals surface area contributed by atoms with Gasteiger partial charge in [-0.3, -0.25) is 4.52 Å². The monoisotopic (exact) mass is 350 g/mol. The molecule has 0 aromatic heterocycles. The number of phosphoric ester groups is 1. The molecule has 0 aliphatic carbocycles. The first kappa shape index (κ1) is 23.1. The first-order valence-electron chi connectivity index (χ1n) is 9.59. The predicted octanol–water partition coefficient (Wildman–Crippen LogP) is 6.21. The van der Waals surface area contributed by atoms with Crippen molar-refractivity contribution in [3.63, 3.8) is 0 Å². The van der Waals surface area contributed by atoms with E-state index in [4.69, 9.17) is 14.3 Å². The Hall–Kier alpha value is 0.110. The van der Waals surface area contributed by atoms with E-state index in [1.165, 1.54) is 77.0 Å². The summed E-state index contributed by atoms with van der Waals surface area (Å²) in [6, 6.07) is 0. The Morgan fingerprint density at radius 2 is 1.13 bits per heavy atom. The second kappa shape index (κ2) is 13.4. The molecule has 0 heterocycles. The van der Waals surface area contributed by atoms with E-state index in [1.807, 2.05) is 0 Å². The van der Waals surface area contributed by atoms with Crippen LogP contribution in [0.5, 0.6) is 0 Å². The van der Waals surface area contributed by atoms with Gasteiger partial charge < -0.3 is 9.79 Å². The molecule has 0 atom stereocenters. The van der Waals surface area contributed by atoms with E-state index in [9.17, 15) is 4.57 Å². The quantitative estimate of drug-likeness (QED) is 0.256. The van der Waals surface area contributed by atoms with Gasteiger partial charge in [-0.15, -0.1) is 0 Å². The summed E-state index contributed by atoms with van der Waals surface area (Å²) in [5, 5.41) is 0. The maximum absolute atomic E-state index is 11.0. The predicted molar refractivity (Wildman–Crippen MR) is 97.5 cm³/mol. The van der Waals surface area contributed by atoms with E-state index in [-0.39, 0.29) is 12.0 Å². The highest BCUT2D eigenvalue weighted by molar-refractivity contribution is 7.46. The topological polar surface area (TPSA) is 66.8 Å². The minimum absolute atomic E-state index is 0.175. The number of hydrogen-bond donors (Lipinski definition) is 2. The van der Waals surface area contributed by atoms with E-state index < -0.39 is 7.82 Å². The van der Waals surface area contributed by atoms with Crippen LogP contribution in [0, 0.1) is 5.41 Å². The Labute approximate surface area is 143 Å². The Morgan fingerprint density at radius 3 is 1.43 bits per heavy atom. The van der Waals surface area contributed by atoms with Gasteiger partial charge in [0.25, 0.3) is 0 Å². The molecular weight excluding hydrogens is 311 g/mol. The van der Waals surface area contributed by atoms with E-state index in [0.717, 1.165) is 6.42 Å². The van der Waals surface area contributed by atoms with Crippen LogP contribution in [0.3, 0.4) is 0 Å². The van der Waals surface area contributed by atoms with E-state index in [0.29, 0.717) is 0 Å². The normalized spacial score (nSPS) is 12.7. The molecule has 2 N–H and O–H groups in total. The van der Waals surface area contributed by atoms with Crippen LogP contribution in [-0.4, -0.2) is 16.4 Å². The fraction of sp³-hybridized carbons (Fsp3) is 1.00. The van der Waals surface area contributed by atoms with Crippen molar-refractivity contribution in [1.29, 1.82) is 0 Å². The van der Waals surface area contributed by atoms with Crippen LogP contribution in [0.2, 0.25) is 0 Å². The van der Waals surface area contributed by atoms with Gasteiger partial charge in [-0.05, 0) is 31.1 Å². The van der Waals surface area contributed by atoms with Gasteiger partial charge in [0.05, 0.1) is 6.61 Å². The lowest BCUT2D eigenvalue weighted by molar-refractivity contribution is 0.121. The van der Waals surface area contributed by atoms with Crippen molar-refractivity contribution in [2.45, 2.75) is 104 Å². The summed E-state index contributed by atoms with van der Waals surface area (Å²) in [4.78, 5) is 17.9. The first-order chi connectivity index (χ1) is 10.9. The van der Waals surface area contributed by atoms with Crippen molar-refractivity contribution in [2.24, 2.45) is 5.41 Å². The van der Waals surface area contributed by atoms with Crippen molar-refractivity contribution in [3.8, 4) is 0 Å². The molecule has 0 radical (unpaired) electrons. The molecule has 0 aromatic carbocycles. The molecule has 0 aliphatic heterocycles. The zero-order valence-corrected chi connectivity index (χ0v) is 16.5. The third-order valence-electron chi connectivity index (χ3n) is 4.82. The number of phosphoric acid groups is 1.